The molecule has 4 aliphatic heterocycles. The van der Waals surface area contributed by atoms with Crippen LogP contribution in [0.25, 0.3) is 11.3 Å². The lowest BCUT2D eigenvalue weighted by atomic mass is 10.1. The van der Waals surface area contributed by atoms with Gasteiger partial charge in [0.25, 0.3) is 0 Å². The van der Waals surface area contributed by atoms with Crippen LogP contribution in [0.5, 0.6) is 23.0 Å². The van der Waals surface area contributed by atoms with Crippen molar-refractivity contribution in [3.8, 4) is 34.3 Å². The Labute approximate surface area is 280 Å². The number of aliphatic imine (C=N–C) groups is 1. The summed E-state index contributed by atoms with van der Waals surface area (Å²) >= 11 is 0. The smallest absolute Gasteiger partial charge is 0.410 e. The third-order valence-electron chi connectivity index (χ3n) is 8.82. The van der Waals surface area contributed by atoms with Crippen molar-refractivity contribution < 1.29 is 28.5 Å². The highest BCUT2D eigenvalue weighted by Gasteiger charge is 2.38. The van der Waals surface area contributed by atoms with Gasteiger partial charge >= 0.3 is 12.2 Å². The first kappa shape index (κ1) is 31.8. The van der Waals surface area contributed by atoms with Crippen LogP contribution >= 0.6 is 0 Å². The minimum atomic E-state index is -0.558. The molecule has 2 N–H and O–H groups in total. The number of carbonyl (C=O) groups is 2. The average molecular weight is 657 g/mol. The van der Waals surface area contributed by atoms with Gasteiger partial charge in [0.15, 0.2) is 23.0 Å². The molecule has 2 amide bonds. The van der Waals surface area contributed by atoms with Gasteiger partial charge in [-0.25, -0.2) is 14.6 Å². The number of rotatable bonds is 4. The fraction of sp³-hybridized carbons (Fsp3) is 0.500. The van der Waals surface area contributed by atoms with Gasteiger partial charge in [-0.1, -0.05) is 6.07 Å². The second-order valence-corrected chi connectivity index (χ2v) is 14.8. The summed E-state index contributed by atoms with van der Waals surface area (Å²) in [6, 6.07) is 11.4. The van der Waals surface area contributed by atoms with Crippen LogP contribution in [-0.4, -0.2) is 74.7 Å². The quantitative estimate of drug-likeness (QED) is 0.231. The number of hydrogen-bond donors (Lipinski definition) is 2. The second-order valence-electron chi connectivity index (χ2n) is 14.8. The van der Waals surface area contributed by atoms with Crippen molar-refractivity contribution in [2.24, 2.45) is 4.99 Å². The number of nitrogens with one attached hydrogen (secondary N) is 2. The number of amidine groups is 1. The maximum atomic E-state index is 12.8. The number of amides is 2. The van der Waals surface area contributed by atoms with Crippen molar-refractivity contribution in [2.45, 2.75) is 96.6 Å². The van der Waals surface area contributed by atoms with E-state index in [1.54, 1.807) is 16.0 Å². The lowest BCUT2D eigenvalue weighted by Crippen LogP contribution is -2.46. The van der Waals surface area contributed by atoms with E-state index in [1.807, 2.05) is 77.9 Å². The highest BCUT2D eigenvalue weighted by atomic mass is 16.6. The number of carbonyl (C=O) groups excluding carboxylic acids is 2. The van der Waals surface area contributed by atoms with Gasteiger partial charge in [-0.05, 0) is 103 Å². The molecule has 3 aromatic rings. The number of aromatic nitrogens is 2. The highest BCUT2D eigenvalue weighted by Crippen LogP contribution is 2.47. The Bertz CT molecular complexity index is 1750. The van der Waals surface area contributed by atoms with E-state index >= 15 is 0 Å². The third kappa shape index (κ3) is 6.52. The van der Waals surface area contributed by atoms with Crippen molar-refractivity contribution in [3.05, 3.63) is 54.0 Å². The third-order valence-corrected chi connectivity index (χ3v) is 8.82. The molecule has 0 spiro atoms. The second kappa shape index (κ2) is 12.1. The highest BCUT2D eigenvalue weighted by molar-refractivity contribution is 5.92. The lowest BCUT2D eigenvalue weighted by molar-refractivity contribution is 0.0216. The molecule has 0 bridgehead atoms. The van der Waals surface area contributed by atoms with E-state index in [0.29, 0.717) is 42.6 Å². The fourth-order valence-corrected chi connectivity index (χ4v) is 6.66. The van der Waals surface area contributed by atoms with E-state index < -0.39 is 11.2 Å². The Hall–Kier alpha value is -4.74. The summed E-state index contributed by atoms with van der Waals surface area (Å²) in [6.07, 6.45) is 4.64. The molecule has 1 aromatic heterocycles. The zero-order valence-corrected chi connectivity index (χ0v) is 28.5. The predicted molar refractivity (Wildman–Crippen MR) is 180 cm³/mol. The standard InChI is InChI=1S/C36H44N6O6/c1-35(2,3)47-33(43)41-15-7-9-25(41)31-37-19-23(39-31)21-11-13-27-29(17-21)45-28-14-12-22(18-30(28)46-27)24-20-38-32(40-24)26-10-8-16-42(26)34(44)48-36(4,5)6/h11-14,17-19,24-26H,7-10,15-16,20H2,1-6H3,(H,37,39)(H,38,40)/t24?,25-,26-/m0/s1. The molecule has 7 rings (SSSR count). The van der Waals surface area contributed by atoms with Crippen LogP contribution in [0, 0.1) is 0 Å². The van der Waals surface area contributed by atoms with E-state index in [0.717, 1.165) is 54.2 Å². The molecule has 0 radical (unpaired) electrons. The summed E-state index contributed by atoms with van der Waals surface area (Å²) in [6.45, 7) is 13.1. The summed E-state index contributed by atoms with van der Waals surface area (Å²) in [4.78, 5) is 42.1. The van der Waals surface area contributed by atoms with Crippen molar-refractivity contribution in [3.63, 3.8) is 0 Å². The van der Waals surface area contributed by atoms with Crippen molar-refractivity contribution in [2.75, 3.05) is 19.6 Å². The number of likely N-dealkylation sites (tertiary alicyclic amines) is 2. The first-order valence-electron chi connectivity index (χ1n) is 16.8. The number of ether oxygens (including phenoxy) is 4. The minimum Gasteiger partial charge on any atom is -0.450 e. The van der Waals surface area contributed by atoms with Gasteiger partial charge in [-0.2, -0.15) is 0 Å². The van der Waals surface area contributed by atoms with Gasteiger partial charge in [0.05, 0.1) is 36.6 Å². The van der Waals surface area contributed by atoms with E-state index in [-0.39, 0.29) is 30.3 Å². The van der Waals surface area contributed by atoms with Crippen molar-refractivity contribution >= 4 is 18.0 Å². The maximum absolute atomic E-state index is 12.8. The van der Waals surface area contributed by atoms with Crippen LogP contribution in [0.1, 0.15) is 90.7 Å². The number of H-pyrrole nitrogens is 1. The van der Waals surface area contributed by atoms with E-state index in [1.165, 1.54) is 0 Å². The topological polar surface area (TPSA) is 131 Å². The number of fused-ring (bicyclic) bond motifs is 2. The van der Waals surface area contributed by atoms with E-state index in [9.17, 15) is 9.59 Å². The zero-order valence-electron chi connectivity index (χ0n) is 28.5. The molecule has 48 heavy (non-hydrogen) atoms. The molecule has 4 aliphatic rings. The molecule has 1 unspecified atom stereocenters. The molecule has 3 atom stereocenters. The molecule has 12 nitrogen and oxygen atoms in total. The molecular weight excluding hydrogens is 612 g/mol. The molecule has 0 aliphatic carbocycles. The molecule has 2 aromatic carbocycles. The Kier molecular flexibility index (Phi) is 7.99. The predicted octanol–water partition coefficient (Wildman–Crippen LogP) is 7.49. The maximum Gasteiger partial charge on any atom is 0.410 e. The Morgan fingerprint density at radius 2 is 1.42 bits per heavy atom. The van der Waals surface area contributed by atoms with Gasteiger partial charge < -0.3 is 29.2 Å². The van der Waals surface area contributed by atoms with Crippen LogP contribution in [0.3, 0.4) is 0 Å². The molecule has 12 heteroatoms. The van der Waals surface area contributed by atoms with Gasteiger partial charge in [0.1, 0.15) is 22.9 Å². The molecule has 2 saturated heterocycles. The number of hydrogen-bond acceptors (Lipinski definition) is 9. The fourth-order valence-electron chi connectivity index (χ4n) is 6.66. The number of benzene rings is 2. The molecule has 254 valence electrons. The first-order chi connectivity index (χ1) is 22.8. The van der Waals surface area contributed by atoms with Crippen LogP contribution in [-0.2, 0) is 9.47 Å². The first-order valence-corrected chi connectivity index (χ1v) is 16.8. The summed E-state index contributed by atoms with van der Waals surface area (Å²) in [7, 11) is 0. The summed E-state index contributed by atoms with van der Waals surface area (Å²) in [5.74, 6) is 4.03. The van der Waals surface area contributed by atoms with Crippen molar-refractivity contribution in [1.82, 2.24) is 25.1 Å². The Balaban J connectivity index is 1.01. The molecule has 5 heterocycles. The van der Waals surface area contributed by atoms with Gasteiger partial charge in [0.2, 0.25) is 0 Å². The Morgan fingerprint density at radius 1 is 0.812 bits per heavy atom. The van der Waals surface area contributed by atoms with Crippen molar-refractivity contribution in [1.29, 1.82) is 0 Å². The summed E-state index contributed by atoms with van der Waals surface area (Å²) in [5.41, 5.74) is 1.63. The SMILES string of the molecule is CC(C)(C)OC(=O)N1CCC[C@H]1C1=NCC(c2ccc3c(c2)Oc2ccc(-c4cnc([C@@H]5CCCN5C(=O)OC(C)(C)C)[nH]4)cc2O3)N1. The van der Waals surface area contributed by atoms with Gasteiger partial charge in [-0.15, -0.1) is 0 Å². The van der Waals surface area contributed by atoms with E-state index in [4.69, 9.17) is 23.9 Å². The van der Waals surface area contributed by atoms with Crippen LogP contribution in [0.2, 0.25) is 0 Å². The Morgan fingerprint density at radius 3 is 2.08 bits per heavy atom. The van der Waals surface area contributed by atoms with Gasteiger partial charge in [-0.3, -0.25) is 14.8 Å². The van der Waals surface area contributed by atoms with Crippen LogP contribution in [0.15, 0.2) is 47.6 Å². The van der Waals surface area contributed by atoms with Crippen LogP contribution < -0.4 is 14.8 Å². The number of imidazole rings is 1. The van der Waals surface area contributed by atoms with E-state index in [2.05, 4.69) is 15.3 Å². The van der Waals surface area contributed by atoms with Gasteiger partial charge in [0, 0.05) is 18.7 Å². The number of aromatic amines is 1. The minimum absolute atomic E-state index is 0.0422. The molecule has 0 saturated carbocycles. The molecule has 2 fully saturated rings. The lowest BCUT2D eigenvalue weighted by Gasteiger charge is -2.29. The molecular formula is C36H44N6O6. The van der Waals surface area contributed by atoms with Crippen LogP contribution in [0.4, 0.5) is 9.59 Å². The summed E-state index contributed by atoms with van der Waals surface area (Å²) < 4.78 is 23.9. The number of nitrogens with zero attached hydrogens (tertiary/aromatic N) is 4. The average Bonchev–Trinajstić information content (AvgIpc) is 3.83. The largest absolute Gasteiger partial charge is 0.450 e. The zero-order chi connectivity index (χ0) is 33.8. The monoisotopic (exact) mass is 656 g/mol. The normalized spacial score (nSPS) is 21.9. The summed E-state index contributed by atoms with van der Waals surface area (Å²) in [5, 5.41) is 3.56.